The Morgan fingerprint density at radius 3 is 2.58 bits per heavy atom. The van der Waals surface area contributed by atoms with Crippen molar-refractivity contribution in [1.82, 2.24) is 0 Å². The van der Waals surface area contributed by atoms with Gasteiger partial charge in [-0.1, -0.05) is 6.92 Å². The maximum Gasteiger partial charge on any atom is 0.240 e. The molecule has 4 N–H and O–H groups in total. The summed E-state index contributed by atoms with van der Waals surface area (Å²) < 4.78 is 23.4. The molecule has 1 saturated carbocycles. The molecule has 1 aromatic rings. The molecule has 0 atom stereocenters. The Labute approximate surface area is 114 Å². The first-order chi connectivity index (χ1) is 8.91. The minimum Gasteiger partial charge on any atom is -0.399 e. The van der Waals surface area contributed by atoms with Crippen LogP contribution in [-0.4, -0.2) is 21.5 Å². The lowest BCUT2D eigenvalue weighted by atomic mass is 10.2. The Hall–Kier alpha value is -1.27. The van der Waals surface area contributed by atoms with Crippen LogP contribution in [0.4, 0.5) is 11.4 Å². The van der Waals surface area contributed by atoms with Gasteiger partial charge in [0.2, 0.25) is 10.0 Å². The van der Waals surface area contributed by atoms with Gasteiger partial charge in [0.05, 0.1) is 5.69 Å². The Bertz CT molecular complexity index is 553. The van der Waals surface area contributed by atoms with Crippen molar-refractivity contribution in [3.8, 4) is 0 Å². The molecule has 1 fully saturated rings. The first-order valence-corrected chi connectivity index (χ1v) is 8.13. The minimum atomic E-state index is -3.76. The molecule has 19 heavy (non-hydrogen) atoms. The largest absolute Gasteiger partial charge is 0.399 e. The van der Waals surface area contributed by atoms with Gasteiger partial charge in [-0.05, 0) is 43.4 Å². The second kappa shape index (κ2) is 5.38. The lowest BCUT2D eigenvalue weighted by Crippen LogP contribution is -2.29. The molecule has 0 unspecified atom stereocenters. The smallest absolute Gasteiger partial charge is 0.240 e. The lowest BCUT2D eigenvalue weighted by molar-refractivity contribution is 0.596. The summed E-state index contributed by atoms with van der Waals surface area (Å²) in [7, 11) is -3.76. The molecule has 5 nitrogen and oxygen atoms in total. The van der Waals surface area contributed by atoms with Gasteiger partial charge < -0.3 is 10.6 Å². The summed E-state index contributed by atoms with van der Waals surface area (Å²) in [6.07, 6.45) is 3.40. The molecule has 1 aliphatic rings. The van der Waals surface area contributed by atoms with Gasteiger partial charge in [0, 0.05) is 18.8 Å². The van der Waals surface area contributed by atoms with Gasteiger partial charge in [0.25, 0.3) is 0 Å². The van der Waals surface area contributed by atoms with Crippen molar-refractivity contribution >= 4 is 21.4 Å². The number of rotatable bonds is 6. The fourth-order valence-corrected chi connectivity index (χ4v) is 3.00. The first kappa shape index (κ1) is 14.1. The summed E-state index contributed by atoms with van der Waals surface area (Å²) in [6.45, 7) is 3.79. The molecule has 6 heteroatoms. The van der Waals surface area contributed by atoms with Crippen molar-refractivity contribution in [2.75, 3.05) is 23.7 Å². The standard InChI is InChI=1S/C13H21N3O2S/c1-2-7-16(9-10-3-4-10)12-6-5-11(14)8-13(12)19(15,17)18/h5-6,8,10H,2-4,7,9,14H2,1H3,(H2,15,17,18). The molecule has 0 bridgehead atoms. The van der Waals surface area contributed by atoms with Gasteiger partial charge in [-0.15, -0.1) is 0 Å². The molecule has 0 saturated heterocycles. The maximum absolute atomic E-state index is 11.7. The summed E-state index contributed by atoms with van der Waals surface area (Å²) in [6, 6.07) is 4.92. The predicted octanol–water partition coefficient (Wildman–Crippen LogP) is 1.54. The Kier molecular flexibility index (Phi) is 4.01. The average molecular weight is 283 g/mol. The summed E-state index contributed by atoms with van der Waals surface area (Å²) in [5.74, 6) is 0.678. The maximum atomic E-state index is 11.7. The van der Waals surface area contributed by atoms with Crippen LogP contribution < -0.4 is 15.8 Å². The fourth-order valence-electron chi connectivity index (χ4n) is 2.21. The lowest BCUT2D eigenvalue weighted by Gasteiger charge is -2.26. The number of sulfonamides is 1. The summed E-state index contributed by atoms with van der Waals surface area (Å²) in [4.78, 5) is 2.23. The monoisotopic (exact) mass is 283 g/mol. The molecule has 1 aliphatic carbocycles. The first-order valence-electron chi connectivity index (χ1n) is 6.59. The van der Waals surface area contributed by atoms with Crippen LogP contribution in [0.2, 0.25) is 0 Å². The van der Waals surface area contributed by atoms with Crippen LogP contribution in [0.25, 0.3) is 0 Å². The number of benzene rings is 1. The molecule has 106 valence electrons. The van der Waals surface area contributed by atoms with Crippen LogP contribution in [0, 0.1) is 5.92 Å². The van der Waals surface area contributed by atoms with E-state index in [0.29, 0.717) is 17.3 Å². The van der Waals surface area contributed by atoms with E-state index in [-0.39, 0.29) is 4.90 Å². The SMILES string of the molecule is CCCN(CC1CC1)c1ccc(N)cc1S(N)(=O)=O. The van der Waals surface area contributed by atoms with Crippen LogP contribution in [0.1, 0.15) is 26.2 Å². The molecule has 0 aromatic heterocycles. The fraction of sp³-hybridized carbons (Fsp3) is 0.538. The second-order valence-corrected chi connectivity index (χ2v) is 6.69. The second-order valence-electron chi connectivity index (χ2n) is 5.16. The third-order valence-electron chi connectivity index (χ3n) is 3.30. The Morgan fingerprint density at radius 1 is 1.37 bits per heavy atom. The molecule has 2 rings (SSSR count). The number of nitrogens with zero attached hydrogens (tertiary/aromatic N) is 1. The topological polar surface area (TPSA) is 89.4 Å². The van der Waals surface area contributed by atoms with E-state index in [4.69, 9.17) is 10.9 Å². The molecule has 0 spiro atoms. The Morgan fingerprint density at radius 2 is 2.05 bits per heavy atom. The predicted molar refractivity (Wildman–Crippen MR) is 77.5 cm³/mol. The van der Waals surface area contributed by atoms with Gasteiger partial charge in [-0.2, -0.15) is 0 Å². The van der Waals surface area contributed by atoms with Crippen molar-refractivity contribution in [3.05, 3.63) is 18.2 Å². The van der Waals surface area contributed by atoms with Crippen molar-refractivity contribution in [2.24, 2.45) is 11.1 Å². The van der Waals surface area contributed by atoms with Crippen molar-refractivity contribution in [1.29, 1.82) is 0 Å². The van der Waals surface area contributed by atoms with E-state index in [1.165, 1.54) is 18.9 Å². The highest BCUT2D eigenvalue weighted by atomic mass is 32.2. The van der Waals surface area contributed by atoms with Crippen molar-refractivity contribution < 1.29 is 8.42 Å². The van der Waals surface area contributed by atoms with E-state index in [1.807, 2.05) is 0 Å². The van der Waals surface area contributed by atoms with E-state index in [1.54, 1.807) is 12.1 Å². The average Bonchev–Trinajstić information content (AvgIpc) is 3.11. The van der Waals surface area contributed by atoms with Gasteiger partial charge in [-0.25, -0.2) is 13.6 Å². The van der Waals surface area contributed by atoms with Crippen LogP contribution in [-0.2, 0) is 10.0 Å². The zero-order valence-electron chi connectivity index (χ0n) is 11.2. The quantitative estimate of drug-likeness (QED) is 0.775. The van der Waals surface area contributed by atoms with Gasteiger partial charge in [-0.3, -0.25) is 0 Å². The molecule has 1 aromatic carbocycles. The van der Waals surface area contributed by atoms with E-state index < -0.39 is 10.0 Å². The molecule has 0 radical (unpaired) electrons. The van der Waals surface area contributed by atoms with E-state index >= 15 is 0 Å². The zero-order chi connectivity index (χ0) is 14.0. The zero-order valence-corrected chi connectivity index (χ0v) is 12.0. The van der Waals surface area contributed by atoms with Gasteiger partial charge in [0.1, 0.15) is 4.90 Å². The summed E-state index contributed by atoms with van der Waals surface area (Å²) in [5, 5.41) is 5.30. The molecular weight excluding hydrogens is 262 g/mol. The van der Waals surface area contributed by atoms with Crippen LogP contribution in [0.5, 0.6) is 0 Å². The number of nitrogens with two attached hydrogens (primary N) is 2. The molecule has 0 heterocycles. The third-order valence-corrected chi connectivity index (χ3v) is 4.24. The normalized spacial score (nSPS) is 15.5. The molecular formula is C13H21N3O2S. The van der Waals surface area contributed by atoms with Gasteiger partial charge >= 0.3 is 0 Å². The number of anilines is 2. The highest BCUT2D eigenvalue weighted by molar-refractivity contribution is 7.89. The van der Waals surface area contributed by atoms with Crippen molar-refractivity contribution in [3.63, 3.8) is 0 Å². The van der Waals surface area contributed by atoms with E-state index in [2.05, 4.69) is 11.8 Å². The van der Waals surface area contributed by atoms with Crippen LogP contribution >= 0.6 is 0 Å². The number of nitrogen functional groups attached to an aromatic ring is 1. The number of hydrogen-bond acceptors (Lipinski definition) is 4. The Balaban J connectivity index is 2.39. The molecule has 0 amide bonds. The van der Waals surface area contributed by atoms with Gasteiger partial charge in [0.15, 0.2) is 0 Å². The highest BCUT2D eigenvalue weighted by Gasteiger charge is 2.26. The highest BCUT2D eigenvalue weighted by Crippen LogP contribution is 2.34. The van der Waals surface area contributed by atoms with Crippen molar-refractivity contribution in [2.45, 2.75) is 31.1 Å². The van der Waals surface area contributed by atoms with E-state index in [9.17, 15) is 8.42 Å². The summed E-state index contributed by atoms with van der Waals surface area (Å²) in [5.41, 5.74) is 6.76. The number of hydrogen-bond donors (Lipinski definition) is 2. The molecule has 0 aliphatic heterocycles. The van der Waals surface area contributed by atoms with Crippen LogP contribution in [0.15, 0.2) is 23.1 Å². The minimum absolute atomic E-state index is 0.126. The summed E-state index contributed by atoms with van der Waals surface area (Å²) >= 11 is 0. The van der Waals surface area contributed by atoms with Crippen LogP contribution in [0.3, 0.4) is 0 Å². The number of primary sulfonamides is 1. The third kappa shape index (κ3) is 3.61. The van der Waals surface area contributed by atoms with E-state index in [0.717, 1.165) is 19.5 Å².